The second-order valence-corrected chi connectivity index (χ2v) is 3.52. The van der Waals surface area contributed by atoms with Crippen molar-refractivity contribution in [3.05, 3.63) is 0 Å². The number of hydrogen-bond acceptors (Lipinski definition) is 3. The van der Waals surface area contributed by atoms with Gasteiger partial charge in [0.2, 0.25) is 5.91 Å². The van der Waals surface area contributed by atoms with Crippen LogP contribution in [0.25, 0.3) is 0 Å². The molecule has 1 heterocycles. The Kier molecular flexibility index (Phi) is 3.72. The number of carbonyl (C=O) groups is 1. The summed E-state index contributed by atoms with van der Waals surface area (Å²) in [7, 11) is 0. The van der Waals surface area contributed by atoms with Gasteiger partial charge < -0.3 is 10.6 Å². The molecular weight excluding hydrogens is 160 g/mol. The first-order chi connectivity index (χ1) is 5.34. The SMILES string of the molecule is CSCC1NCCCNC1=O. The zero-order chi connectivity index (χ0) is 8.10. The van der Waals surface area contributed by atoms with Gasteiger partial charge in [0, 0.05) is 12.3 Å². The molecule has 4 heteroatoms. The maximum absolute atomic E-state index is 11.2. The molecule has 1 saturated heterocycles. The van der Waals surface area contributed by atoms with Crippen LogP contribution in [0.5, 0.6) is 0 Å². The third kappa shape index (κ3) is 2.71. The molecule has 0 saturated carbocycles. The molecule has 11 heavy (non-hydrogen) atoms. The Balaban J connectivity index is 2.39. The monoisotopic (exact) mass is 174 g/mol. The van der Waals surface area contributed by atoms with Crippen molar-refractivity contribution in [2.24, 2.45) is 0 Å². The highest BCUT2D eigenvalue weighted by atomic mass is 32.2. The summed E-state index contributed by atoms with van der Waals surface area (Å²) in [6.07, 6.45) is 3.05. The van der Waals surface area contributed by atoms with E-state index in [1.165, 1.54) is 0 Å². The molecule has 0 radical (unpaired) electrons. The summed E-state index contributed by atoms with van der Waals surface area (Å²) in [5, 5.41) is 6.06. The average Bonchev–Trinajstić information content (AvgIpc) is 2.18. The molecule has 64 valence electrons. The van der Waals surface area contributed by atoms with E-state index in [9.17, 15) is 4.79 Å². The van der Waals surface area contributed by atoms with Crippen LogP contribution in [0.3, 0.4) is 0 Å². The lowest BCUT2D eigenvalue weighted by molar-refractivity contribution is -0.122. The highest BCUT2D eigenvalue weighted by Gasteiger charge is 2.18. The lowest BCUT2D eigenvalue weighted by Crippen LogP contribution is -2.42. The van der Waals surface area contributed by atoms with Crippen molar-refractivity contribution in [3.63, 3.8) is 0 Å². The van der Waals surface area contributed by atoms with E-state index >= 15 is 0 Å². The zero-order valence-corrected chi connectivity index (χ0v) is 7.54. The normalized spacial score (nSPS) is 25.9. The minimum Gasteiger partial charge on any atom is -0.355 e. The molecular formula is C7H14N2OS. The standard InChI is InChI=1S/C7H14N2OS/c1-11-5-6-7(10)9-4-2-3-8-6/h6,8H,2-5H2,1H3,(H,9,10). The Bertz CT molecular complexity index is 140. The second-order valence-electron chi connectivity index (χ2n) is 2.61. The van der Waals surface area contributed by atoms with Crippen LogP contribution >= 0.6 is 11.8 Å². The third-order valence-electron chi connectivity index (χ3n) is 1.69. The van der Waals surface area contributed by atoms with E-state index in [1.54, 1.807) is 11.8 Å². The second kappa shape index (κ2) is 4.62. The van der Waals surface area contributed by atoms with Crippen molar-refractivity contribution < 1.29 is 4.79 Å². The zero-order valence-electron chi connectivity index (χ0n) is 6.72. The van der Waals surface area contributed by atoms with Crippen molar-refractivity contribution in [2.75, 3.05) is 25.1 Å². The lowest BCUT2D eigenvalue weighted by atomic mass is 10.3. The predicted octanol–water partition coefficient (Wildman–Crippen LogP) is -0.172. The van der Waals surface area contributed by atoms with E-state index in [1.807, 2.05) is 6.26 Å². The molecule has 1 amide bonds. The Labute approximate surface area is 71.3 Å². The van der Waals surface area contributed by atoms with E-state index in [4.69, 9.17) is 0 Å². The fourth-order valence-corrected chi connectivity index (χ4v) is 1.70. The molecule has 0 aliphatic carbocycles. The molecule has 1 rings (SSSR count). The van der Waals surface area contributed by atoms with Crippen LogP contribution in [0, 0.1) is 0 Å². The van der Waals surface area contributed by atoms with Gasteiger partial charge in [-0.1, -0.05) is 0 Å². The van der Waals surface area contributed by atoms with Crippen LogP contribution < -0.4 is 10.6 Å². The van der Waals surface area contributed by atoms with Gasteiger partial charge in [0.05, 0.1) is 6.04 Å². The summed E-state index contributed by atoms with van der Waals surface area (Å²) in [4.78, 5) is 11.2. The molecule has 0 aromatic carbocycles. The first-order valence-corrected chi connectivity index (χ1v) is 5.24. The Hall–Kier alpha value is -0.220. The molecule has 1 aliphatic rings. The van der Waals surface area contributed by atoms with E-state index in [0.717, 1.165) is 25.3 Å². The molecule has 1 atom stereocenters. The smallest absolute Gasteiger partial charge is 0.237 e. The van der Waals surface area contributed by atoms with Crippen LogP contribution in [-0.2, 0) is 4.79 Å². The maximum atomic E-state index is 11.2. The minimum atomic E-state index is 0.0208. The molecule has 1 aliphatic heterocycles. The van der Waals surface area contributed by atoms with Gasteiger partial charge in [-0.25, -0.2) is 0 Å². The van der Waals surface area contributed by atoms with Crippen LogP contribution in [0.15, 0.2) is 0 Å². The highest BCUT2D eigenvalue weighted by Crippen LogP contribution is 1.99. The average molecular weight is 174 g/mol. The Morgan fingerprint density at radius 1 is 1.64 bits per heavy atom. The molecule has 0 bridgehead atoms. The number of hydrogen-bond donors (Lipinski definition) is 2. The molecule has 0 aromatic rings. The topological polar surface area (TPSA) is 41.1 Å². The minimum absolute atomic E-state index is 0.0208. The lowest BCUT2D eigenvalue weighted by Gasteiger charge is -2.11. The van der Waals surface area contributed by atoms with Crippen LogP contribution in [-0.4, -0.2) is 37.0 Å². The fourth-order valence-electron chi connectivity index (χ4n) is 1.09. The predicted molar refractivity (Wildman–Crippen MR) is 47.8 cm³/mol. The van der Waals surface area contributed by atoms with Gasteiger partial charge in [-0.2, -0.15) is 11.8 Å². The van der Waals surface area contributed by atoms with Crippen LogP contribution in [0.2, 0.25) is 0 Å². The van der Waals surface area contributed by atoms with Gasteiger partial charge in [0.15, 0.2) is 0 Å². The summed E-state index contributed by atoms with van der Waals surface area (Å²) < 4.78 is 0. The van der Waals surface area contributed by atoms with E-state index < -0.39 is 0 Å². The molecule has 1 fully saturated rings. The summed E-state index contributed by atoms with van der Waals surface area (Å²) in [5.41, 5.74) is 0. The van der Waals surface area contributed by atoms with Gasteiger partial charge in [-0.15, -0.1) is 0 Å². The largest absolute Gasteiger partial charge is 0.355 e. The fraction of sp³-hybridized carbons (Fsp3) is 0.857. The van der Waals surface area contributed by atoms with Crippen molar-refractivity contribution in [3.8, 4) is 0 Å². The number of carbonyl (C=O) groups excluding carboxylic acids is 1. The molecule has 0 aromatic heterocycles. The number of nitrogens with one attached hydrogen (secondary N) is 2. The number of rotatable bonds is 2. The van der Waals surface area contributed by atoms with Gasteiger partial charge in [-0.05, 0) is 19.2 Å². The summed E-state index contributed by atoms with van der Waals surface area (Å²) >= 11 is 1.70. The maximum Gasteiger partial charge on any atom is 0.237 e. The number of thioether (sulfide) groups is 1. The first-order valence-electron chi connectivity index (χ1n) is 3.84. The first kappa shape index (κ1) is 8.87. The van der Waals surface area contributed by atoms with Crippen molar-refractivity contribution in [1.29, 1.82) is 0 Å². The van der Waals surface area contributed by atoms with E-state index in [2.05, 4.69) is 10.6 Å². The Morgan fingerprint density at radius 3 is 3.18 bits per heavy atom. The summed E-state index contributed by atoms with van der Waals surface area (Å²) in [6.45, 7) is 1.76. The van der Waals surface area contributed by atoms with E-state index in [0.29, 0.717) is 0 Å². The highest BCUT2D eigenvalue weighted by molar-refractivity contribution is 7.98. The van der Waals surface area contributed by atoms with Crippen molar-refractivity contribution >= 4 is 17.7 Å². The van der Waals surface area contributed by atoms with Crippen molar-refractivity contribution in [2.45, 2.75) is 12.5 Å². The molecule has 2 N–H and O–H groups in total. The van der Waals surface area contributed by atoms with Crippen LogP contribution in [0.4, 0.5) is 0 Å². The van der Waals surface area contributed by atoms with Gasteiger partial charge in [0.1, 0.15) is 0 Å². The Morgan fingerprint density at radius 2 is 2.45 bits per heavy atom. The van der Waals surface area contributed by atoms with E-state index in [-0.39, 0.29) is 11.9 Å². The molecule has 3 nitrogen and oxygen atoms in total. The molecule has 0 spiro atoms. The summed E-state index contributed by atoms with van der Waals surface area (Å²) in [6, 6.07) is 0.0208. The van der Waals surface area contributed by atoms with Crippen LogP contribution in [0.1, 0.15) is 6.42 Å². The molecule has 1 unspecified atom stereocenters. The third-order valence-corrected chi connectivity index (χ3v) is 2.36. The number of amides is 1. The quantitative estimate of drug-likeness (QED) is 0.610. The van der Waals surface area contributed by atoms with Gasteiger partial charge >= 0.3 is 0 Å². The van der Waals surface area contributed by atoms with Gasteiger partial charge in [0.25, 0.3) is 0 Å². The van der Waals surface area contributed by atoms with Gasteiger partial charge in [-0.3, -0.25) is 4.79 Å². The van der Waals surface area contributed by atoms with Crippen molar-refractivity contribution in [1.82, 2.24) is 10.6 Å². The summed E-state index contributed by atoms with van der Waals surface area (Å²) in [5.74, 6) is 1.02.